The number of hydrogen-bond acceptors (Lipinski definition) is 4. The van der Waals surface area contributed by atoms with Crippen molar-refractivity contribution in [3.63, 3.8) is 0 Å². The summed E-state index contributed by atoms with van der Waals surface area (Å²) in [6.45, 7) is 10.5. The number of carbonyl (C=O) groups is 2. The molecule has 2 rings (SSSR count). The summed E-state index contributed by atoms with van der Waals surface area (Å²) in [5.74, 6) is 0.259. The van der Waals surface area contributed by atoms with Crippen LogP contribution in [0.15, 0.2) is 0 Å². The van der Waals surface area contributed by atoms with Crippen molar-refractivity contribution in [3.05, 3.63) is 16.0 Å². The van der Waals surface area contributed by atoms with Gasteiger partial charge in [-0.25, -0.2) is 4.79 Å². The van der Waals surface area contributed by atoms with E-state index in [-0.39, 0.29) is 17.3 Å². The topological polar surface area (TPSA) is 55.4 Å². The lowest BCUT2D eigenvalue weighted by molar-refractivity contribution is -0.117. The molecule has 0 aliphatic heterocycles. The first-order chi connectivity index (χ1) is 10.7. The van der Waals surface area contributed by atoms with Gasteiger partial charge in [0, 0.05) is 11.3 Å². The van der Waals surface area contributed by atoms with Crippen molar-refractivity contribution >= 4 is 28.2 Å². The molecule has 1 aliphatic carbocycles. The second-order valence-corrected chi connectivity index (χ2v) is 8.67. The molecular formula is C18H27NO3S. The summed E-state index contributed by atoms with van der Waals surface area (Å²) < 4.78 is 5.22. The van der Waals surface area contributed by atoms with Gasteiger partial charge in [0.05, 0.1) is 12.2 Å². The first-order valence-electron chi connectivity index (χ1n) is 8.32. The monoisotopic (exact) mass is 337 g/mol. The Morgan fingerprint density at radius 1 is 1.35 bits per heavy atom. The molecule has 0 aromatic carbocycles. The van der Waals surface area contributed by atoms with Crippen molar-refractivity contribution < 1.29 is 14.3 Å². The molecule has 0 saturated heterocycles. The van der Waals surface area contributed by atoms with Crippen molar-refractivity contribution in [2.75, 3.05) is 11.9 Å². The van der Waals surface area contributed by atoms with E-state index in [1.165, 1.54) is 4.88 Å². The van der Waals surface area contributed by atoms with E-state index in [0.29, 0.717) is 29.5 Å². The van der Waals surface area contributed by atoms with Crippen LogP contribution in [0.4, 0.5) is 5.00 Å². The van der Waals surface area contributed by atoms with E-state index in [1.807, 2.05) is 20.8 Å². The summed E-state index contributed by atoms with van der Waals surface area (Å²) in [6, 6.07) is 0. The van der Waals surface area contributed by atoms with Gasteiger partial charge in [-0.05, 0) is 43.1 Å². The van der Waals surface area contributed by atoms with Gasteiger partial charge >= 0.3 is 5.97 Å². The molecule has 0 saturated carbocycles. The van der Waals surface area contributed by atoms with Gasteiger partial charge in [0.15, 0.2) is 0 Å². The minimum absolute atomic E-state index is 0.0466. The molecule has 4 nitrogen and oxygen atoms in total. The highest BCUT2D eigenvalue weighted by Gasteiger charge is 2.29. The number of rotatable bonds is 4. The quantitative estimate of drug-likeness (QED) is 0.827. The maximum absolute atomic E-state index is 12.4. The molecule has 23 heavy (non-hydrogen) atoms. The fourth-order valence-corrected chi connectivity index (χ4v) is 4.33. The maximum Gasteiger partial charge on any atom is 0.341 e. The first kappa shape index (κ1) is 18.0. The number of anilines is 1. The molecule has 0 bridgehead atoms. The molecule has 0 fully saturated rings. The highest BCUT2D eigenvalue weighted by molar-refractivity contribution is 7.17. The Hall–Kier alpha value is -1.36. The molecule has 1 heterocycles. The Morgan fingerprint density at radius 3 is 2.65 bits per heavy atom. The van der Waals surface area contributed by atoms with Crippen LogP contribution in [0.2, 0.25) is 0 Å². The summed E-state index contributed by atoms with van der Waals surface area (Å²) in [5.41, 5.74) is 1.58. The Kier molecular flexibility index (Phi) is 5.50. The number of fused-ring (bicyclic) bond motifs is 1. The maximum atomic E-state index is 12.4. The van der Waals surface area contributed by atoms with E-state index >= 15 is 0 Å². The summed E-state index contributed by atoms with van der Waals surface area (Å²) >= 11 is 1.54. The van der Waals surface area contributed by atoms with Crippen molar-refractivity contribution in [2.45, 2.75) is 60.3 Å². The van der Waals surface area contributed by atoms with Crippen LogP contribution in [0.25, 0.3) is 0 Å². The molecule has 1 N–H and O–H groups in total. The Balaban J connectivity index is 2.30. The van der Waals surface area contributed by atoms with Crippen molar-refractivity contribution in [1.29, 1.82) is 0 Å². The van der Waals surface area contributed by atoms with Gasteiger partial charge in [-0.1, -0.05) is 27.7 Å². The van der Waals surface area contributed by atoms with E-state index in [9.17, 15) is 9.59 Å². The van der Waals surface area contributed by atoms with Crippen LogP contribution in [-0.4, -0.2) is 18.5 Å². The zero-order valence-corrected chi connectivity index (χ0v) is 15.6. The zero-order valence-electron chi connectivity index (χ0n) is 14.7. The number of hydrogen-bond donors (Lipinski definition) is 1. The highest BCUT2D eigenvalue weighted by Crippen LogP contribution is 2.40. The lowest BCUT2D eigenvalue weighted by Gasteiger charge is -2.18. The molecule has 1 aromatic heterocycles. The number of carbonyl (C=O) groups excluding carboxylic acids is 2. The minimum Gasteiger partial charge on any atom is -0.462 e. The van der Waals surface area contributed by atoms with E-state index in [0.717, 1.165) is 24.8 Å². The van der Waals surface area contributed by atoms with Crippen molar-refractivity contribution in [3.8, 4) is 0 Å². The van der Waals surface area contributed by atoms with Crippen LogP contribution in [0.1, 0.15) is 68.3 Å². The fourth-order valence-electron chi connectivity index (χ4n) is 2.91. The number of thiophene rings is 1. The van der Waals surface area contributed by atoms with E-state index in [1.54, 1.807) is 18.3 Å². The van der Waals surface area contributed by atoms with Gasteiger partial charge < -0.3 is 10.1 Å². The SMILES string of the molecule is CCOC(=O)c1c(NC(=O)CC(C)(C)C)sc2c1CC[C@H](C)C2. The fraction of sp³-hybridized carbons (Fsp3) is 0.667. The molecule has 0 spiro atoms. The van der Waals surface area contributed by atoms with E-state index < -0.39 is 0 Å². The van der Waals surface area contributed by atoms with Crippen LogP contribution < -0.4 is 5.32 Å². The predicted octanol–water partition coefficient (Wildman–Crippen LogP) is 4.42. The molecule has 5 heteroatoms. The third-order valence-electron chi connectivity index (χ3n) is 3.94. The Bertz CT molecular complexity index is 598. The second-order valence-electron chi connectivity index (χ2n) is 7.56. The largest absolute Gasteiger partial charge is 0.462 e. The third-order valence-corrected chi connectivity index (χ3v) is 5.10. The molecule has 1 aromatic rings. The van der Waals surface area contributed by atoms with Crippen molar-refractivity contribution in [2.24, 2.45) is 11.3 Å². The Labute approximate surface area is 142 Å². The van der Waals surface area contributed by atoms with Gasteiger partial charge in [0.2, 0.25) is 5.91 Å². The molecule has 1 atom stereocenters. The summed E-state index contributed by atoms with van der Waals surface area (Å²) in [6.07, 6.45) is 3.36. The average molecular weight is 337 g/mol. The van der Waals surface area contributed by atoms with Gasteiger partial charge in [-0.15, -0.1) is 11.3 Å². The molecule has 0 unspecified atom stereocenters. The second kappa shape index (κ2) is 7.04. The number of ether oxygens (including phenoxy) is 1. The van der Waals surface area contributed by atoms with Crippen LogP contribution in [0.3, 0.4) is 0 Å². The van der Waals surface area contributed by atoms with Crippen LogP contribution in [0, 0.1) is 11.3 Å². The molecule has 0 radical (unpaired) electrons. The average Bonchev–Trinajstić information content (AvgIpc) is 2.73. The number of esters is 1. The summed E-state index contributed by atoms with van der Waals surface area (Å²) in [7, 11) is 0. The van der Waals surface area contributed by atoms with E-state index in [2.05, 4.69) is 12.2 Å². The summed E-state index contributed by atoms with van der Waals surface area (Å²) in [4.78, 5) is 25.9. The van der Waals surface area contributed by atoms with Crippen LogP contribution in [-0.2, 0) is 22.4 Å². The van der Waals surface area contributed by atoms with Crippen LogP contribution >= 0.6 is 11.3 Å². The first-order valence-corrected chi connectivity index (χ1v) is 9.14. The lowest BCUT2D eigenvalue weighted by atomic mass is 9.88. The smallest absolute Gasteiger partial charge is 0.341 e. The van der Waals surface area contributed by atoms with Gasteiger partial charge in [0.1, 0.15) is 5.00 Å². The van der Waals surface area contributed by atoms with E-state index in [4.69, 9.17) is 4.74 Å². The normalized spacial score (nSPS) is 17.5. The van der Waals surface area contributed by atoms with Crippen molar-refractivity contribution in [1.82, 2.24) is 0 Å². The van der Waals surface area contributed by atoms with Gasteiger partial charge in [-0.3, -0.25) is 4.79 Å². The van der Waals surface area contributed by atoms with Gasteiger partial charge in [-0.2, -0.15) is 0 Å². The standard InChI is InChI=1S/C18H27NO3S/c1-6-22-17(21)15-12-8-7-11(2)9-13(12)23-16(15)19-14(20)10-18(3,4)5/h11H,6-10H2,1-5H3,(H,19,20)/t11-/m0/s1. The van der Waals surface area contributed by atoms with Crippen LogP contribution in [0.5, 0.6) is 0 Å². The molecule has 1 amide bonds. The zero-order chi connectivity index (χ0) is 17.2. The molecule has 1 aliphatic rings. The summed E-state index contributed by atoms with van der Waals surface area (Å²) in [5, 5.41) is 3.62. The molecular weight excluding hydrogens is 310 g/mol. The highest BCUT2D eigenvalue weighted by atomic mass is 32.1. The van der Waals surface area contributed by atoms with Gasteiger partial charge in [0.25, 0.3) is 0 Å². The molecule has 128 valence electrons. The predicted molar refractivity (Wildman–Crippen MR) is 94.2 cm³/mol. The minimum atomic E-state index is -0.314. The Morgan fingerprint density at radius 2 is 2.04 bits per heavy atom. The third kappa shape index (κ3) is 4.56. The lowest BCUT2D eigenvalue weighted by Crippen LogP contribution is -2.21. The number of amides is 1. The number of nitrogens with one attached hydrogen (secondary N) is 1.